The lowest BCUT2D eigenvalue weighted by Crippen LogP contribution is -2.53. The normalized spacial score (nSPS) is 33.4. The van der Waals surface area contributed by atoms with E-state index in [-0.39, 0.29) is 25.5 Å². The summed E-state index contributed by atoms with van der Waals surface area (Å²) < 4.78 is 33.4. The molecule has 0 aromatic carbocycles. The van der Waals surface area contributed by atoms with Crippen molar-refractivity contribution in [2.24, 2.45) is 11.3 Å². The molecule has 0 radical (unpaired) electrons. The van der Waals surface area contributed by atoms with Crippen LogP contribution in [-0.2, 0) is 4.74 Å². The molecule has 4 nitrogen and oxygen atoms in total. The molecule has 0 bridgehead atoms. The second-order valence-electron chi connectivity index (χ2n) is 6.60. The molecule has 2 fully saturated rings. The Labute approximate surface area is 111 Å². The van der Waals surface area contributed by atoms with E-state index in [0.717, 1.165) is 4.90 Å². The Bertz CT molecular complexity index is 381. The molecule has 2 aliphatic rings. The van der Waals surface area contributed by atoms with Crippen LogP contribution in [-0.4, -0.2) is 47.3 Å². The Morgan fingerprint density at radius 3 is 2.53 bits per heavy atom. The zero-order valence-corrected chi connectivity index (χ0v) is 11.6. The molecule has 1 spiro atoms. The van der Waals surface area contributed by atoms with Gasteiger partial charge in [0.2, 0.25) is 0 Å². The summed E-state index contributed by atoms with van der Waals surface area (Å²) in [6, 6.07) is 0. The summed E-state index contributed by atoms with van der Waals surface area (Å²) in [5.41, 5.74) is -1.78. The lowest BCUT2D eigenvalue weighted by Gasteiger charge is -2.39. The second-order valence-corrected chi connectivity index (χ2v) is 6.60. The monoisotopic (exact) mass is 277 g/mol. The number of nitrogens with zero attached hydrogens (tertiary/aromatic N) is 1. The molecule has 2 rings (SSSR count). The van der Waals surface area contributed by atoms with Crippen molar-refractivity contribution in [3.05, 3.63) is 0 Å². The molecule has 1 saturated heterocycles. The van der Waals surface area contributed by atoms with Crippen LogP contribution in [0.5, 0.6) is 0 Å². The Kier molecular flexibility index (Phi) is 3.28. The molecule has 1 saturated carbocycles. The number of halogens is 2. The molecule has 1 aliphatic carbocycles. The third kappa shape index (κ3) is 2.55. The first-order chi connectivity index (χ1) is 8.61. The first-order valence-corrected chi connectivity index (χ1v) is 6.58. The van der Waals surface area contributed by atoms with Crippen LogP contribution in [0.25, 0.3) is 0 Å². The average molecular weight is 277 g/mol. The molecule has 2 unspecified atom stereocenters. The number of carbonyl (C=O) groups is 1. The smallest absolute Gasteiger partial charge is 0.410 e. The van der Waals surface area contributed by atoms with E-state index in [1.807, 2.05) is 0 Å². The van der Waals surface area contributed by atoms with Gasteiger partial charge >= 0.3 is 6.09 Å². The van der Waals surface area contributed by atoms with E-state index in [4.69, 9.17) is 9.84 Å². The van der Waals surface area contributed by atoms with Crippen LogP contribution in [0.15, 0.2) is 0 Å². The molecule has 19 heavy (non-hydrogen) atoms. The highest BCUT2D eigenvalue weighted by Crippen LogP contribution is 2.65. The van der Waals surface area contributed by atoms with E-state index in [9.17, 15) is 13.6 Å². The first-order valence-electron chi connectivity index (χ1n) is 6.58. The number of ether oxygens (including phenoxy) is 1. The summed E-state index contributed by atoms with van der Waals surface area (Å²) in [6.07, 6.45) is -0.119. The maximum absolute atomic E-state index is 14.2. The molecule has 1 aliphatic heterocycles. The van der Waals surface area contributed by atoms with E-state index in [1.54, 1.807) is 20.8 Å². The molecule has 1 amide bonds. The van der Waals surface area contributed by atoms with Gasteiger partial charge in [-0.15, -0.1) is 0 Å². The van der Waals surface area contributed by atoms with Gasteiger partial charge < -0.3 is 14.7 Å². The lowest BCUT2D eigenvalue weighted by atomic mass is 9.87. The van der Waals surface area contributed by atoms with Crippen molar-refractivity contribution in [2.45, 2.75) is 45.1 Å². The van der Waals surface area contributed by atoms with Gasteiger partial charge in [-0.25, -0.2) is 13.6 Å². The fraction of sp³-hybridized carbons (Fsp3) is 0.923. The van der Waals surface area contributed by atoms with Gasteiger partial charge in [0, 0.05) is 18.6 Å². The predicted molar refractivity (Wildman–Crippen MR) is 65.0 cm³/mol. The summed E-state index contributed by atoms with van der Waals surface area (Å²) in [5, 5.41) is 9.05. The molecular weight excluding hydrogens is 256 g/mol. The molecular formula is C13H21F2NO3. The predicted octanol–water partition coefficient (Wildman–Crippen LogP) is 2.26. The second kappa shape index (κ2) is 4.30. The van der Waals surface area contributed by atoms with Crippen molar-refractivity contribution < 1.29 is 23.4 Å². The maximum atomic E-state index is 14.2. The first kappa shape index (κ1) is 14.5. The fourth-order valence-electron chi connectivity index (χ4n) is 2.85. The number of amides is 1. The average Bonchev–Trinajstić information content (AvgIpc) is 2.95. The molecule has 0 aromatic heterocycles. The van der Waals surface area contributed by atoms with Crippen LogP contribution >= 0.6 is 0 Å². The van der Waals surface area contributed by atoms with Crippen molar-refractivity contribution in [1.29, 1.82) is 0 Å². The Balaban J connectivity index is 2.01. The molecule has 110 valence electrons. The van der Waals surface area contributed by atoms with Gasteiger partial charge in [0.1, 0.15) is 5.60 Å². The lowest BCUT2D eigenvalue weighted by molar-refractivity contribution is -0.130. The SMILES string of the molecule is CC(C)(C)OC(=O)N1CCC2(CC2CO)C(F)(F)C1. The minimum atomic E-state index is -2.95. The van der Waals surface area contributed by atoms with Crippen molar-refractivity contribution in [3.63, 3.8) is 0 Å². The highest BCUT2D eigenvalue weighted by molar-refractivity contribution is 5.68. The molecule has 6 heteroatoms. The van der Waals surface area contributed by atoms with Crippen LogP contribution in [0.2, 0.25) is 0 Å². The minimum absolute atomic E-state index is 0.206. The van der Waals surface area contributed by atoms with E-state index in [1.165, 1.54) is 0 Å². The molecule has 1 heterocycles. The molecule has 0 aromatic rings. The number of rotatable bonds is 1. The Morgan fingerprint density at radius 2 is 2.11 bits per heavy atom. The number of hydrogen-bond acceptors (Lipinski definition) is 3. The summed E-state index contributed by atoms with van der Waals surface area (Å²) >= 11 is 0. The number of piperidine rings is 1. The van der Waals surface area contributed by atoms with Crippen LogP contribution in [0.1, 0.15) is 33.6 Å². The minimum Gasteiger partial charge on any atom is -0.444 e. The highest BCUT2D eigenvalue weighted by Gasteiger charge is 2.70. The summed E-state index contributed by atoms with van der Waals surface area (Å²) in [4.78, 5) is 12.9. The van der Waals surface area contributed by atoms with E-state index in [2.05, 4.69) is 0 Å². The standard InChI is InChI=1S/C13H21F2NO3/c1-11(2,3)19-10(18)16-5-4-12(6-9(12)7-17)13(14,15)8-16/h9,17H,4-8H2,1-3H3. The van der Waals surface area contributed by atoms with Gasteiger partial charge in [0.25, 0.3) is 5.92 Å². The zero-order valence-electron chi connectivity index (χ0n) is 11.6. The Hall–Kier alpha value is -0.910. The van der Waals surface area contributed by atoms with E-state index >= 15 is 0 Å². The quantitative estimate of drug-likeness (QED) is 0.800. The maximum Gasteiger partial charge on any atom is 0.410 e. The topological polar surface area (TPSA) is 49.8 Å². The van der Waals surface area contributed by atoms with Crippen LogP contribution in [0, 0.1) is 11.3 Å². The van der Waals surface area contributed by atoms with Crippen molar-refractivity contribution in [3.8, 4) is 0 Å². The van der Waals surface area contributed by atoms with E-state index < -0.39 is 29.6 Å². The van der Waals surface area contributed by atoms with Gasteiger partial charge in [-0.2, -0.15) is 0 Å². The number of likely N-dealkylation sites (tertiary alicyclic amines) is 1. The third-order valence-corrected chi connectivity index (χ3v) is 4.05. The number of aliphatic hydroxyl groups is 1. The summed E-state index contributed by atoms with van der Waals surface area (Å²) in [6.45, 7) is 4.56. The number of alkyl halides is 2. The van der Waals surface area contributed by atoms with Crippen LogP contribution in [0.3, 0.4) is 0 Å². The van der Waals surface area contributed by atoms with Gasteiger partial charge in [-0.1, -0.05) is 0 Å². The third-order valence-electron chi connectivity index (χ3n) is 4.05. The van der Waals surface area contributed by atoms with Crippen LogP contribution < -0.4 is 0 Å². The van der Waals surface area contributed by atoms with E-state index in [0.29, 0.717) is 6.42 Å². The van der Waals surface area contributed by atoms with Crippen LogP contribution in [0.4, 0.5) is 13.6 Å². The highest BCUT2D eigenvalue weighted by atomic mass is 19.3. The van der Waals surface area contributed by atoms with Gasteiger partial charge in [-0.3, -0.25) is 0 Å². The summed E-state index contributed by atoms with van der Waals surface area (Å²) in [5.74, 6) is -3.28. The van der Waals surface area contributed by atoms with Gasteiger partial charge in [-0.05, 0) is 39.5 Å². The van der Waals surface area contributed by atoms with Gasteiger partial charge in [0.15, 0.2) is 0 Å². The Morgan fingerprint density at radius 1 is 1.47 bits per heavy atom. The molecule has 1 N–H and O–H groups in total. The molecule has 2 atom stereocenters. The summed E-state index contributed by atoms with van der Waals surface area (Å²) in [7, 11) is 0. The van der Waals surface area contributed by atoms with Crippen molar-refractivity contribution >= 4 is 6.09 Å². The number of aliphatic hydroxyl groups excluding tert-OH is 1. The van der Waals surface area contributed by atoms with Crippen molar-refractivity contribution in [1.82, 2.24) is 4.90 Å². The fourth-order valence-corrected chi connectivity index (χ4v) is 2.85. The van der Waals surface area contributed by atoms with Crippen molar-refractivity contribution in [2.75, 3.05) is 19.7 Å². The number of carbonyl (C=O) groups excluding carboxylic acids is 1. The number of hydrogen-bond donors (Lipinski definition) is 1. The zero-order chi connectivity index (χ0) is 14.5. The largest absolute Gasteiger partial charge is 0.444 e. The van der Waals surface area contributed by atoms with Gasteiger partial charge in [0.05, 0.1) is 6.54 Å².